The molecule has 134 valence electrons. The molecule has 0 saturated carbocycles. The van der Waals surface area contributed by atoms with Crippen molar-refractivity contribution in [2.24, 2.45) is 0 Å². The third kappa shape index (κ3) is 6.03. The number of nitrogens with zero attached hydrogens (tertiary/aromatic N) is 2. The molecule has 1 aliphatic rings. The van der Waals surface area contributed by atoms with Crippen LogP contribution in [-0.4, -0.2) is 49.6 Å². The number of halogens is 1. The number of benzene rings is 2. The van der Waals surface area contributed by atoms with Crippen LogP contribution in [0, 0.1) is 0 Å². The van der Waals surface area contributed by atoms with Crippen LogP contribution < -0.4 is 4.74 Å². The van der Waals surface area contributed by atoms with Gasteiger partial charge in [-0.2, -0.15) is 0 Å². The normalized spacial score (nSPS) is 16.1. The summed E-state index contributed by atoms with van der Waals surface area (Å²) in [6.45, 7) is 6.56. The molecule has 2 aromatic rings. The van der Waals surface area contributed by atoms with E-state index in [2.05, 4.69) is 41.1 Å². The monoisotopic (exact) mass is 358 g/mol. The first-order valence-corrected chi connectivity index (χ1v) is 9.44. The van der Waals surface area contributed by atoms with E-state index >= 15 is 0 Å². The van der Waals surface area contributed by atoms with E-state index in [0.717, 1.165) is 22.8 Å². The van der Waals surface area contributed by atoms with Crippen LogP contribution in [-0.2, 0) is 13.0 Å². The van der Waals surface area contributed by atoms with Crippen molar-refractivity contribution in [1.29, 1.82) is 0 Å². The Balaban J connectivity index is 1.39. The van der Waals surface area contributed by atoms with Gasteiger partial charge >= 0.3 is 0 Å². The Kier molecular flexibility index (Phi) is 6.74. The van der Waals surface area contributed by atoms with Gasteiger partial charge in [0.15, 0.2) is 0 Å². The molecule has 1 saturated heterocycles. The van der Waals surface area contributed by atoms with Gasteiger partial charge in [0, 0.05) is 31.2 Å². The van der Waals surface area contributed by atoms with Gasteiger partial charge in [0.05, 0.1) is 0 Å². The van der Waals surface area contributed by atoms with Crippen molar-refractivity contribution in [3.8, 4) is 5.75 Å². The maximum Gasteiger partial charge on any atom is 0.119 e. The van der Waals surface area contributed by atoms with Crippen molar-refractivity contribution >= 4 is 11.6 Å². The fourth-order valence-electron chi connectivity index (χ4n) is 3.08. The number of hydrogen-bond acceptors (Lipinski definition) is 3. The van der Waals surface area contributed by atoms with Crippen molar-refractivity contribution in [2.75, 3.05) is 39.8 Å². The summed E-state index contributed by atoms with van der Waals surface area (Å²) in [4.78, 5) is 4.98. The van der Waals surface area contributed by atoms with Crippen LogP contribution in [0.1, 0.15) is 17.5 Å². The summed E-state index contributed by atoms with van der Waals surface area (Å²) in [7, 11) is 2.20. The average molecular weight is 359 g/mol. The number of piperazine rings is 1. The van der Waals surface area contributed by atoms with Gasteiger partial charge < -0.3 is 14.5 Å². The highest BCUT2D eigenvalue weighted by Gasteiger charge is 2.12. The number of aryl methyl sites for hydroxylation is 1. The van der Waals surface area contributed by atoms with Crippen LogP contribution in [0.3, 0.4) is 0 Å². The highest BCUT2D eigenvalue weighted by molar-refractivity contribution is 6.30. The topological polar surface area (TPSA) is 15.7 Å². The van der Waals surface area contributed by atoms with E-state index in [0.29, 0.717) is 6.61 Å². The van der Waals surface area contributed by atoms with Crippen molar-refractivity contribution in [3.05, 3.63) is 64.7 Å². The van der Waals surface area contributed by atoms with E-state index in [1.807, 2.05) is 24.3 Å². The van der Waals surface area contributed by atoms with E-state index in [-0.39, 0.29) is 0 Å². The molecule has 1 aliphatic heterocycles. The Bertz CT molecular complexity index is 634. The van der Waals surface area contributed by atoms with Crippen molar-refractivity contribution in [3.63, 3.8) is 0 Å². The predicted molar refractivity (Wildman–Crippen MR) is 104 cm³/mol. The van der Waals surface area contributed by atoms with E-state index in [9.17, 15) is 0 Å². The van der Waals surface area contributed by atoms with Gasteiger partial charge in [-0.25, -0.2) is 0 Å². The van der Waals surface area contributed by atoms with Crippen molar-refractivity contribution in [1.82, 2.24) is 9.80 Å². The fraction of sp³-hybridized carbons (Fsp3) is 0.429. The van der Waals surface area contributed by atoms with E-state index in [4.69, 9.17) is 16.3 Å². The highest BCUT2D eigenvalue weighted by atomic mass is 35.5. The number of rotatable bonds is 7. The molecule has 1 heterocycles. The smallest absolute Gasteiger partial charge is 0.119 e. The molecule has 0 spiro atoms. The molecule has 0 atom stereocenters. The second kappa shape index (κ2) is 9.23. The van der Waals surface area contributed by atoms with E-state index in [1.54, 1.807) is 0 Å². The molecule has 3 nitrogen and oxygen atoms in total. The second-order valence-electron chi connectivity index (χ2n) is 6.81. The summed E-state index contributed by atoms with van der Waals surface area (Å²) in [6, 6.07) is 16.3. The van der Waals surface area contributed by atoms with Crippen LogP contribution in [0.25, 0.3) is 0 Å². The van der Waals surface area contributed by atoms with Gasteiger partial charge in [0.2, 0.25) is 0 Å². The molecular formula is C21H27ClN2O. The second-order valence-corrected chi connectivity index (χ2v) is 7.24. The first-order chi connectivity index (χ1) is 12.2. The largest absolute Gasteiger partial charge is 0.489 e. The van der Waals surface area contributed by atoms with Crippen LogP contribution in [0.5, 0.6) is 5.75 Å². The Morgan fingerprint density at radius 3 is 2.20 bits per heavy atom. The fourth-order valence-corrected chi connectivity index (χ4v) is 3.20. The Morgan fingerprint density at radius 2 is 1.52 bits per heavy atom. The van der Waals surface area contributed by atoms with Gasteiger partial charge in [-0.05, 0) is 61.8 Å². The summed E-state index contributed by atoms with van der Waals surface area (Å²) in [5.41, 5.74) is 2.51. The number of hydrogen-bond donors (Lipinski definition) is 0. The standard InChI is InChI=1S/C21H27ClN2O/c1-23-13-15-24(16-14-23)12-2-3-18-6-10-21(11-7-18)25-17-19-4-8-20(22)9-5-19/h4-11H,2-3,12-17H2,1H3. The van der Waals surface area contributed by atoms with Gasteiger partial charge in [0.25, 0.3) is 0 Å². The quantitative estimate of drug-likeness (QED) is 0.741. The van der Waals surface area contributed by atoms with Crippen molar-refractivity contribution < 1.29 is 4.74 Å². The average Bonchev–Trinajstić information content (AvgIpc) is 2.64. The minimum absolute atomic E-state index is 0.569. The molecule has 0 aliphatic carbocycles. The van der Waals surface area contributed by atoms with Gasteiger partial charge in [0.1, 0.15) is 12.4 Å². The van der Waals surface area contributed by atoms with Crippen LogP contribution >= 0.6 is 11.6 Å². The maximum atomic E-state index is 5.90. The Hall–Kier alpha value is -1.55. The molecule has 0 aromatic heterocycles. The Morgan fingerprint density at radius 1 is 0.880 bits per heavy atom. The molecular weight excluding hydrogens is 332 g/mol. The van der Waals surface area contributed by atoms with E-state index in [1.165, 1.54) is 44.7 Å². The minimum atomic E-state index is 0.569. The molecule has 0 radical (unpaired) electrons. The third-order valence-corrected chi connectivity index (χ3v) is 5.03. The molecule has 3 rings (SSSR count). The van der Waals surface area contributed by atoms with Gasteiger partial charge in [-0.1, -0.05) is 35.9 Å². The molecule has 0 N–H and O–H groups in total. The SMILES string of the molecule is CN1CCN(CCCc2ccc(OCc3ccc(Cl)cc3)cc2)CC1. The van der Waals surface area contributed by atoms with Gasteiger partial charge in [-0.3, -0.25) is 0 Å². The molecule has 0 amide bonds. The van der Waals surface area contributed by atoms with Gasteiger partial charge in [-0.15, -0.1) is 0 Å². The maximum absolute atomic E-state index is 5.90. The molecule has 0 unspecified atom stereocenters. The summed E-state index contributed by atoms with van der Waals surface area (Å²) in [6.07, 6.45) is 2.35. The highest BCUT2D eigenvalue weighted by Crippen LogP contribution is 2.16. The third-order valence-electron chi connectivity index (χ3n) is 4.78. The minimum Gasteiger partial charge on any atom is -0.489 e. The lowest BCUT2D eigenvalue weighted by Crippen LogP contribution is -2.44. The summed E-state index contributed by atoms with van der Waals surface area (Å²) >= 11 is 5.90. The molecule has 1 fully saturated rings. The molecule has 4 heteroatoms. The summed E-state index contributed by atoms with van der Waals surface area (Å²) < 4.78 is 5.84. The zero-order valence-electron chi connectivity index (χ0n) is 15.0. The zero-order valence-corrected chi connectivity index (χ0v) is 15.7. The molecule has 2 aromatic carbocycles. The molecule has 25 heavy (non-hydrogen) atoms. The van der Waals surface area contributed by atoms with Crippen LogP contribution in [0.4, 0.5) is 0 Å². The zero-order chi connectivity index (χ0) is 17.5. The van der Waals surface area contributed by atoms with E-state index < -0.39 is 0 Å². The summed E-state index contributed by atoms with van der Waals surface area (Å²) in [5, 5.41) is 0.754. The lowest BCUT2D eigenvalue weighted by atomic mass is 10.1. The first-order valence-electron chi connectivity index (χ1n) is 9.06. The lowest BCUT2D eigenvalue weighted by Gasteiger charge is -2.32. The van der Waals surface area contributed by atoms with Crippen LogP contribution in [0.15, 0.2) is 48.5 Å². The lowest BCUT2D eigenvalue weighted by molar-refractivity contribution is 0.153. The number of ether oxygens (including phenoxy) is 1. The molecule has 0 bridgehead atoms. The first kappa shape index (κ1) is 18.2. The Labute approximate surface area is 156 Å². The van der Waals surface area contributed by atoms with Crippen LogP contribution in [0.2, 0.25) is 5.02 Å². The predicted octanol–water partition coefficient (Wildman–Crippen LogP) is 4.10. The van der Waals surface area contributed by atoms with Crippen molar-refractivity contribution in [2.45, 2.75) is 19.4 Å². The number of likely N-dealkylation sites (N-methyl/N-ethyl adjacent to an activating group) is 1. The summed E-state index contributed by atoms with van der Waals surface area (Å²) in [5.74, 6) is 0.915.